The fourth-order valence-electron chi connectivity index (χ4n) is 1.16. The molecule has 1 aromatic rings. The second-order valence-corrected chi connectivity index (χ2v) is 6.45. The summed E-state index contributed by atoms with van der Waals surface area (Å²) in [4.78, 5) is 14.4. The highest BCUT2D eigenvalue weighted by Gasteiger charge is 2.16. The highest BCUT2D eigenvalue weighted by atomic mass is 79.9. The fourth-order valence-corrected chi connectivity index (χ4v) is 2.71. The number of carbonyl (C=O) groups is 1. The summed E-state index contributed by atoms with van der Waals surface area (Å²) in [5.41, 5.74) is 0. The van der Waals surface area contributed by atoms with Gasteiger partial charge in [-0.05, 0) is 28.4 Å². The predicted octanol–water partition coefficient (Wildman–Crippen LogP) is 1.23. The molecule has 0 radical (unpaired) electrons. The molecule has 1 heterocycles. The molecule has 0 spiro atoms. The Morgan fingerprint density at radius 3 is 2.78 bits per heavy atom. The maximum Gasteiger partial charge on any atom is 0.306 e. The first-order valence-corrected chi connectivity index (χ1v) is 7.43. The van der Waals surface area contributed by atoms with Gasteiger partial charge in [-0.3, -0.25) is 9.78 Å². The van der Waals surface area contributed by atoms with Crippen molar-refractivity contribution < 1.29 is 18.3 Å². The van der Waals surface area contributed by atoms with Crippen LogP contribution in [-0.4, -0.2) is 31.0 Å². The van der Waals surface area contributed by atoms with Crippen LogP contribution < -0.4 is 4.72 Å². The number of nitrogens with zero attached hydrogens (tertiary/aromatic N) is 1. The van der Waals surface area contributed by atoms with Gasteiger partial charge in [0.2, 0.25) is 10.0 Å². The first kappa shape index (κ1) is 15.1. The second kappa shape index (κ2) is 6.26. The van der Waals surface area contributed by atoms with Crippen LogP contribution in [0.15, 0.2) is 27.8 Å². The van der Waals surface area contributed by atoms with Gasteiger partial charge in [0.1, 0.15) is 4.90 Å². The maximum atomic E-state index is 11.8. The number of hydrogen-bond acceptors (Lipinski definition) is 4. The number of nitrogens with one attached hydrogen (secondary N) is 1. The standard InChI is InChI=1S/C10H13BrN2O4S/c1-7(10(14)15)2-3-13-18(16,17)9-4-8(11)5-12-6-9/h4-7,13H,2-3H2,1H3,(H,14,15). The van der Waals surface area contributed by atoms with Crippen molar-refractivity contribution in [1.82, 2.24) is 9.71 Å². The summed E-state index contributed by atoms with van der Waals surface area (Å²) in [6.07, 6.45) is 2.94. The lowest BCUT2D eigenvalue weighted by Gasteiger charge is -2.08. The number of rotatable bonds is 6. The van der Waals surface area contributed by atoms with Crippen LogP contribution in [0.5, 0.6) is 0 Å². The Balaban J connectivity index is 2.64. The molecule has 0 amide bonds. The monoisotopic (exact) mass is 336 g/mol. The number of carboxylic acids is 1. The van der Waals surface area contributed by atoms with E-state index in [-0.39, 0.29) is 17.9 Å². The van der Waals surface area contributed by atoms with Crippen LogP contribution >= 0.6 is 15.9 Å². The summed E-state index contributed by atoms with van der Waals surface area (Å²) in [7, 11) is -3.64. The summed E-state index contributed by atoms with van der Waals surface area (Å²) in [5.74, 6) is -1.54. The molecule has 0 fully saturated rings. The van der Waals surface area contributed by atoms with Crippen molar-refractivity contribution in [3.05, 3.63) is 22.9 Å². The van der Waals surface area contributed by atoms with Gasteiger partial charge in [-0.15, -0.1) is 0 Å². The Bertz CT molecular complexity index is 532. The van der Waals surface area contributed by atoms with Gasteiger partial charge >= 0.3 is 5.97 Å². The van der Waals surface area contributed by atoms with Crippen LogP contribution in [0.4, 0.5) is 0 Å². The smallest absolute Gasteiger partial charge is 0.306 e. The van der Waals surface area contributed by atoms with Crippen molar-refractivity contribution >= 4 is 31.9 Å². The summed E-state index contributed by atoms with van der Waals surface area (Å²) < 4.78 is 26.5. The third-order valence-electron chi connectivity index (χ3n) is 2.28. The van der Waals surface area contributed by atoms with Gasteiger partial charge in [0.15, 0.2) is 0 Å². The van der Waals surface area contributed by atoms with Crippen LogP contribution in [0.1, 0.15) is 13.3 Å². The average Bonchev–Trinajstić information content (AvgIpc) is 2.28. The summed E-state index contributed by atoms with van der Waals surface area (Å²) >= 11 is 3.13. The van der Waals surface area contributed by atoms with Gasteiger partial charge in [0.25, 0.3) is 0 Å². The molecule has 8 heteroatoms. The largest absolute Gasteiger partial charge is 0.481 e. The molecular formula is C10H13BrN2O4S. The molecule has 18 heavy (non-hydrogen) atoms. The maximum absolute atomic E-state index is 11.8. The van der Waals surface area contributed by atoms with E-state index in [1.54, 1.807) is 0 Å². The van der Waals surface area contributed by atoms with E-state index in [1.807, 2.05) is 0 Å². The molecule has 0 saturated heterocycles. The molecule has 1 unspecified atom stereocenters. The van der Waals surface area contributed by atoms with E-state index in [4.69, 9.17) is 5.11 Å². The minimum atomic E-state index is -3.64. The highest BCUT2D eigenvalue weighted by Crippen LogP contribution is 2.14. The zero-order chi connectivity index (χ0) is 13.8. The van der Waals surface area contributed by atoms with Gasteiger partial charge in [-0.25, -0.2) is 13.1 Å². The Hall–Kier alpha value is -0.990. The second-order valence-electron chi connectivity index (χ2n) is 3.76. The normalized spacial score (nSPS) is 13.2. The van der Waals surface area contributed by atoms with Gasteiger partial charge in [-0.2, -0.15) is 0 Å². The molecule has 2 N–H and O–H groups in total. The Kier molecular flexibility index (Phi) is 5.24. The van der Waals surface area contributed by atoms with Crippen LogP contribution in [0.25, 0.3) is 0 Å². The van der Waals surface area contributed by atoms with Gasteiger partial charge in [0, 0.05) is 23.4 Å². The number of hydrogen-bond donors (Lipinski definition) is 2. The third kappa shape index (κ3) is 4.35. The summed E-state index contributed by atoms with van der Waals surface area (Å²) in [6.45, 7) is 1.60. The topological polar surface area (TPSA) is 96.4 Å². The average molecular weight is 337 g/mol. The summed E-state index contributed by atoms with van der Waals surface area (Å²) in [5, 5.41) is 8.67. The van der Waals surface area contributed by atoms with E-state index in [9.17, 15) is 13.2 Å². The predicted molar refractivity (Wildman–Crippen MR) is 68.5 cm³/mol. The number of carboxylic acid groups (broad SMARTS) is 1. The number of sulfonamides is 1. The van der Waals surface area contributed by atoms with Crippen LogP contribution in [-0.2, 0) is 14.8 Å². The third-order valence-corrected chi connectivity index (χ3v) is 4.14. The van der Waals surface area contributed by atoms with Crippen molar-refractivity contribution in [2.45, 2.75) is 18.2 Å². The van der Waals surface area contributed by atoms with Crippen molar-refractivity contribution in [3.63, 3.8) is 0 Å². The lowest BCUT2D eigenvalue weighted by molar-refractivity contribution is -0.141. The van der Waals surface area contributed by atoms with E-state index >= 15 is 0 Å². The van der Waals surface area contributed by atoms with Crippen LogP contribution in [0, 0.1) is 5.92 Å². The number of pyridine rings is 1. The molecule has 0 aliphatic heterocycles. The van der Waals surface area contributed by atoms with Gasteiger partial charge < -0.3 is 5.11 Å². The van der Waals surface area contributed by atoms with Gasteiger partial charge in [-0.1, -0.05) is 6.92 Å². The summed E-state index contributed by atoms with van der Waals surface area (Å²) in [6, 6.07) is 1.43. The van der Waals surface area contributed by atoms with Crippen molar-refractivity contribution in [2.24, 2.45) is 5.92 Å². The van der Waals surface area contributed by atoms with E-state index in [1.165, 1.54) is 25.4 Å². The molecule has 0 saturated carbocycles. The Labute approximate surface area is 114 Å². The minimum Gasteiger partial charge on any atom is -0.481 e. The first-order chi connectivity index (χ1) is 8.33. The Morgan fingerprint density at radius 1 is 1.56 bits per heavy atom. The molecule has 1 aromatic heterocycles. The number of aromatic nitrogens is 1. The zero-order valence-electron chi connectivity index (χ0n) is 9.63. The lowest BCUT2D eigenvalue weighted by atomic mass is 10.1. The number of aliphatic carboxylic acids is 1. The van der Waals surface area contributed by atoms with Crippen molar-refractivity contribution in [1.29, 1.82) is 0 Å². The molecule has 0 aromatic carbocycles. The molecule has 6 nitrogen and oxygen atoms in total. The zero-order valence-corrected chi connectivity index (χ0v) is 12.0. The lowest BCUT2D eigenvalue weighted by Crippen LogP contribution is -2.27. The molecular weight excluding hydrogens is 324 g/mol. The van der Waals surface area contributed by atoms with Gasteiger partial charge in [0.05, 0.1) is 5.92 Å². The molecule has 0 bridgehead atoms. The molecule has 1 rings (SSSR count). The first-order valence-electron chi connectivity index (χ1n) is 5.16. The highest BCUT2D eigenvalue weighted by molar-refractivity contribution is 9.10. The molecule has 0 aliphatic rings. The van der Waals surface area contributed by atoms with Crippen LogP contribution in [0.2, 0.25) is 0 Å². The molecule has 100 valence electrons. The van der Waals surface area contributed by atoms with E-state index in [0.29, 0.717) is 4.47 Å². The van der Waals surface area contributed by atoms with Crippen LogP contribution in [0.3, 0.4) is 0 Å². The quantitative estimate of drug-likeness (QED) is 0.814. The van der Waals surface area contributed by atoms with Crippen molar-refractivity contribution in [2.75, 3.05) is 6.54 Å². The number of halogens is 1. The SMILES string of the molecule is CC(CCNS(=O)(=O)c1cncc(Br)c1)C(=O)O. The molecule has 0 aliphatic carbocycles. The minimum absolute atomic E-state index is 0.0415. The fraction of sp³-hybridized carbons (Fsp3) is 0.400. The van der Waals surface area contributed by atoms with E-state index in [0.717, 1.165) is 0 Å². The van der Waals surface area contributed by atoms with E-state index in [2.05, 4.69) is 25.6 Å². The van der Waals surface area contributed by atoms with Crippen molar-refractivity contribution in [3.8, 4) is 0 Å². The Morgan fingerprint density at radius 2 is 2.22 bits per heavy atom. The molecule has 1 atom stereocenters. The van der Waals surface area contributed by atoms with E-state index < -0.39 is 21.9 Å².